The van der Waals surface area contributed by atoms with Gasteiger partial charge in [0.1, 0.15) is 5.69 Å². The molecular weight excluding hydrogens is 268 g/mol. The second kappa shape index (κ2) is 6.72. The molecule has 3 nitrogen and oxygen atoms in total. The average molecular weight is 290 g/mol. The van der Waals surface area contributed by atoms with Gasteiger partial charge in [0.15, 0.2) is 5.78 Å². The Morgan fingerprint density at radius 1 is 1.25 bits per heavy atom. The lowest BCUT2D eigenvalue weighted by Gasteiger charge is -2.39. The Bertz CT molecular complexity index is 445. The van der Waals surface area contributed by atoms with E-state index in [1.165, 1.54) is 30.9 Å². The second-order valence-electron chi connectivity index (χ2n) is 5.76. The maximum atomic E-state index is 12.5. The molecule has 2 saturated heterocycles. The molecule has 0 N–H and O–H groups in total. The Morgan fingerprint density at radius 3 is 2.85 bits per heavy atom. The number of aromatic nitrogens is 1. The van der Waals surface area contributed by atoms with Crippen LogP contribution in [0.4, 0.5) is 0 Å². The van der Waals surface area contributed by atoms with Crippen molar-refractivity contribution >= 4 is 17.5 Å². The SMILES string of the molecule is O=C(c1ccccn1)[C@@H]1CCCN(C2CCSCC2)C1. The first-order valence-electron chi connectivity index (χ1n) is 7.61. The molecular formula is C16H22N2OS. The quantitative estimate of drug-likeness (QED) is 0.802. The minimum Gasteiger partial charge on any atom is -0.300 e. The number of rotatable bonds is 3. The van der Waals surface area contributed by atoms with E-state index >= 15 is 0 Å². The largest absolute Gasteiger partial charge is 0.300 e. The zero-order chi connectivity index (χ0) is 13.8. The fraction of sp³-hybridized carbons (Fsp3) is 0.625. The first-order chi connectivity index (χ1) is 9.84. The van der Waals surface area contributed by atoms with Crippen LogP contribution < -0.4 is 0 Å². The van der Waals surface area contributed by atoms with Crippen LogP contribution in [0.2, 0.25) is 0 Å². The molecule has 1 atom stereocenters. The summed E-state index contributed by atoms with van der Waals surface area (Å²) < 4.78 is 0. The predicted molar refractivity (Wildman–Crippen MR) is 83.2 cm³/mol. The molecule has 0 aromatic carbocycles. The van der Waals surface area contributed by atoms with Crippen molar-refractivity contribution in [2.24, 2.45) is 5.92 Å². The van der Waals surface area contributed by atoms with Crippen molar-refractivity contribution in [1.82, 2.24) is 9.88 Å². The molecule has 0 spiro atoms. The third kappa shape index (κ3) is 3.23. The van der Waals surface area contributed by atoms with Gasteiger partial charge in [0.05, 0.1) is 0 Å². The number of hydrogen-bond donors (Lipinski definition) is 0. The van der Waals surface area contributed by atoms with Gasteiger partial charge in [-0.25, -0.2) is 0 Å². The van der Waals surface area contributed by atoms with Crippen LogP contribution in [0.3, 0.4) is 0 Å². The zero-order valence-electron chi connectivity index (χ0n) is 11.8. The van der Waals surface area contributed by atoms with E-state index in [9.17, 15) is 4.79 Å². The summed E-state index contributed by atoms with van der Waals surface area (Å²) in [5.41, 5.74) is 0.638. The molecule has 2 aliphatic rings. The van der Waals surface area contributed by atoms with Gasteiger partial charge in [-0.05, 0) is 55.9 Å². The number of piperidine rings is 1. The summed E-state index contributed by atoms with van der Waals surface area (Å²) >= 11 is 2.06. The van der Waals surface area contributed by atoms with Crippen molar-refractivity contribution in [3.63, 3.8) is 0 Å². The topological polar surface area (TPSA) is 33.2 Å². The highest BCUT2D eigenvalue weighted by Gasteiger charge is 2.31. The number of thioether (sulfide) groups is 1. The molecule has 2 fully saturated rings. The number of likely N-dealkylation sites (tertiary alicyclic amines) is 1. The number of hydrogen-bond acceptors (Lipinski definition) is 4. The van der Waals surface area contributed by atoms with Gasteiger partial charge in [0.25, 0.3) is 0 Å². The highest BCUT2D eigenvalue weighted by molar-refractivity contribution is 7.99. The first-order valence-corrected chi connectivity index (χ1v) is 8.77. The standard InChI is InChI=1S/C16H22N2OS/c19-16(15-5-1-2-8-17-15)13-4-3-9-18(12-13)14-6-10-20-11-7-14/h1-2,5,8,13-14H,3-4,6-7,9-12H2/t13-/m1/s1. The Kier molecular flexibility index (Phi) is 4.73. The second-order valence-corrected chi connectivity index (χ2v) is 6.98. The van der Waals surface area contributed by atoms with E-state index in [1.807, 2.05) is 18.2 Å². The number of ketones is 1. The smallest absolute Gasteiger partial charge is 0.185 e. The summed E-state index contributed by atoms with van der Waals surface area (Å²) in [6.45, 7) is 2.10. The molecule has 20 heavy (non-hydrogen) atoms. The molecule has 1 aromatic rings. The lowest BCUT2D eigenvalue weighted by atomic mass is 9.90. The van der Waals surface area contributed by atoms with Gasteiger partial charge < -0.3 is 0 Å². The zero-order valence-corrected chi connectivity index (χ0v) is 12.6. The van der Waals surface area contributed by atoms with Crippen LogP contribution in [0.25, 0.3) is 0 Å². The Balaban J connectivity index is 1.64. The van der Waals surface area contributed by atoms with Gasteiger partial charge in [-0.2, -0.15) is 11.8 Å². The van der Waals surface area contributed by atoms with Gasteiger partial charge >= 0.3 is 0 Å². The molecule has 108 valence electrons. The third-order valence-corrected chi connectivity index (χ3v) is 5.50. The normalized spacial score (nSPS) is 25.5. The van der Waals surface area contributed by atoms with E-state index in [1.54, 1.807) is 6.20 Å². The van der Waals surface area contributed by atoms with E-state index in [0.29, 0.717) is 11.7 Å². The maximum Gasteiger partial charge on any atom is 0.185 e. The van der Waals surface area contributed by atoms with Gasteiger partial charge in [-0.1, -0.05) is 6.07 Å². The molecule has 3 heterocycles. The molecule has 3 rings (SSSR count). The molecule has 0 unspecified atom stereocenters. The monoisotopic (exact) mass is 290 g/mol. The van der Waals surface area contributed by atoms with E-state index in [2.05, 4.69) is 21.6 Å². The Morgan fingerprint density at radius 2 is 2.10 bits per heavy atom. The highest BCUT2D eigenvalue weighted by Crippen LogP contribution is 2.27. The van der Waals surface area contributed by atoms with Gasteiger partial charge in [0, 0.05) is 24.7 Å². The van der Waals surface area contributed by atoms with Crippen LogP contribution in [0.1, 0.15) is 36.2 Å². The fourth-order valence-corrected chi connectivity index (χ4v) is 4.40. The van der Waals surface area contributed by atoms with Crippen LogP contribution in [-0.2, 0) is 0 Å². The predicted octanol–water partition coefficient (Wildman–Crippen LogP) is 2.87. The summed E-state index contributed by atoms with van der Waals surface area (Å²) in [7, 11) is 0. The summed E-state index contributed by atoms with van der Waals surface area (Å²) in [5.74, 6) is 2.94. The molecule has 1 aromatic heterocycles. The van der Waals surface area contributed by atoms with Crippen LogP contribution in [0.5, 0.6) is 0 Å². The Labute approximate surface area is 125 Å². The molecule has 0 radical (unpaired) electrons. The van der Waals surface area contributed by atoms with E-state index < -0.39 is 0 Å². The summed E-state index contributed by atoms with van der Waals surface area (Å²) in [5, 5.41) is 0. The summed E-state index contributed by atoms with van der Waals surface area (Å²) in [6.07, 6.45) is 6.46. The van der Waals surface area contributed by atoms with E-state index in [0.717, 1.165) is 19.4 Å². The number of nitrogens with zero attached hydrogens (tertiary/aromatic N) is 2. The lowest BCUT2D eigenvalue weighted by Crippen LogP contribution is -2.46. The van der Waals surface area contributed by atoms with Gasteiger partial charge in [-0.3, -0.25) is 14.7 Å². The van der Waals surface area contributed by atoms with Crippen molar-refractivity contribution in [3.8, 4) is 0 Å². The number of carbonyl (C=O) groups is 1. The number of carbonyl (C=O) groups excluding carboxylic acids is 1. The molecule has 4 heteroatoms. The van der Waals surface area contributed by atoms with E-state index in [-0.39, 0.29) is 11.7 Å². The summed E-state index contributed by atoms with van der Waals surface area (Å²) in [4.78, 5) is 19.3. The van der Waals surface area contributed by atoms with Crippen LogP contribution in [-0.4, -0.2) is 46.3 Å². The average Bonchev–Trinajstić information content (AvgIpc) is 2.56. The minimum atomic E-state index is 0.147. The van der Waals surface area contributed by atoms with Crippen molar-refractivity contribution in [3.05, 3.63) is 30.1 Å². The third-order valence-electron chi connectivity index (χ3n) is 4.45. The molecule has 0 saturated carbocycles. The molecule has 0 amide bonds. The van der Waals surface area contributed by atoms with Crippen LogP contribution in [0, 0.1) is 5.92 Å². The Hall–Kier alpha value is -0.870. The van der Waals surface area contributed by atoms with Gasteiger partial charge in [-0.15, -0.1) is 0 Å². The molecule has 2 aliphatic heterocycles. The van der Waals surface area contributed by atoms with Crippen LogP contribution >= 0.6 is 11.8 Å². The molecule has 0 aliphatic carbocycles. The number of Topliss-reactive ketones (excluding diaryl/α,β-unsaturated/α-hetero) is 1. The minimum absolute atomic E-state index is 0.147. The van der Waals surface area contributed by atoms with Crippen molar-refractivity contribution in [2.75, 3.05) is 24.6 Å². The highest BCUT2D eigenvalue weighted by atomic mass is 32.2. The van der Waals surface area contributed by atoms with Crippen molar-refractivity contribution in [2.45, 2.75) is 31.7 Å². The fourth-order valence-electron chi connectivity index (χ4n) is 3.32. The van der Waals surface area contributed by atoms with E-state index in [4.69, 9.17) is 0 Å². The van der Waals surface area contributed by atoms with Crippen molar-refractivity contribution in [1.29, 1.82) is 0 Å². The van der Waals surface area contributed by atoms with Crippen molar-refractivity contribution < 1.29 is 4.79 Å². The lowest BCUT2D eigenvalue weighted by molar-refractivity contribution is 0.0736. The summed E-state index contributed by atoms with van der Waals surface area (Å²) in [6, 6.07) is 6.32. The first kappa shape index (κ1) is 14.1. The maximum absolute atomic E-state index is 12.5. The molecule has 0 bridgehead atoms. The number of pyridine rings is 1. The van der Waals surface area contributed by atoms with Gasteiger partial charge in [0.2, 0.25) is 0 Å². The van der Waals surface area contributed by atoms with Crippen LogP contribution in [0.15, 0.2) is 24.4 Å².